The summed E-state index contributed by atoms with van der Waals surface area (Å²) in [6.07, 6.45) is 1.02. The molecular weight excluding hydrogens is 80.0 g/mol. The minimum absolute atomic E-state index is 0.740. The maximum Gasteiger partial charge on any atom is 0.111 e. The average Bonchev–Trinajstić information content (AvgIpc) is 1.61. The third kappa shape index (κ3) is 3.88. The molecule has 0 rings (SSSR count). The fourth-order valence-corrected chi connectivity index (χ4v) is 0.204. The second kappa shape index (κ2) is 4.88. The molecule has 0 aliphatic heterocycles. The fourth-order valence-electron chi connectivity index (χ4n) is 0.204. The van der Waals surface area contributed by atoms with E-state index in [4.69, 9.17) is 0 Å². The second-order valence-corrected chi connectivity index (χ2v) is 1.12. The van der Waals surface area contributed by atoms with Gasteiger partial charge in [0, 0.05) is 6.42 Å². The van der Waals surface area contributed by atoms with Crippen molar-refractivity contribution in [3.8, 4) is 0 Å². The van der Waals surface area contributed by atoms with Gasteiger partial charge in [0.1, 0.15) is 6.61 Å². The zero-order valence-electron chi connectivity index (χ0n) is 3.94. The van der Waals surface area contributed by atoms with Gasteiger partial charge in [0.05, 0.1) is 6.54 Å². The van der Waals surface area contributed by atoms with Gasteiger partial charge in [0.15, 0.2) is 0 Å². The van der Waals surface area contributed by atoms with Gasteiger partial charge in [-0.25, -0.2) is 10.7 Å². The first-order valence-corrected chi connectivity index (χ1v) is 2.08. The molecule has 0 aliphatic rings. The van der Waals surface area contributed by atoms with E-state index in [-0.39, 0.29) is 0 Å². The van der Waals surface area contributed by atoms with E-state index in [0.717, 1.165) is 19.6 Å². The van der Waals surface area contributed by atoms with Gasteiger partial charge in [0.2, 0.25) is 0 Å². The summed E-state index contributed by atoms with van der Waals surface area (Å²) in [5.41, 5.74) is 3.62. The first kappa shape index (κ1) is 5.88. The molecule has 3 nitrogen and oxygen atoms in total. The van der Waals surface area contributed by atoms with Crippen LogP contribution in [0.5, 0.6) is 0 Å². The normalized spacial score (nSPS) is 9.00. The summed E-state index contributed by atoms with van der Waals surface area (Å²) in [7, 11) is 0. The lowest BCUT2D eigenvalue weighted by Crippen LogP contribution is -2.53. The first-order valence-electron chi connectivity index (χ1n) is 2.08. The lowest BCUT2D eigenvalue weighted by Gasteiger charge is -1.83. The Hall–Kier alpha value is -0.120. The summed E-state index contributed by atoms with van der Waals surface area (Å²) in [5.74, 6) is 3.20. The smallest absolute Gasteiger partial charge is 0.111 e. The summed E-state index contributed by atoms with van der Waals surface area (Å²) in [6, 6.07) is 0. The van der Waals surface area contributed by atoms with E-state index in [1.807, 2.05) is 0 Å². The van der Waals surface area contributed by atoms with Crippen LogP contribution in [0.2, 0.25) is 0 Å². The molecule has 0 aromatic carbocycles. The summed E-state index contributed by atoms with van der Waals surface area (Å²) < 4.78 is 0. The van der Waals surface area contributed by atoms with Crippen LogP contribution in [0, 0.1) is 0 Å². The monoisotopic (exact) mass is 92.1 g/mol. The predicted octanol–water partition coefficient (Wildman–Crippen LogP) is -2.21. The number of hydrogen-bond acceptors (Lipinski definition) is 1. The van der Waals surface area contributed by atoms with Crippen LogP contribution in [0.25, 0.3) is 0 Å². The van der Waals surface area contributed by atoms with Crippen LogP contribution in [0.1, 0.15) is 6.42 Å². The SMILES string of the molecule is [NH3+]CCCO[NH3+]. The van der Waals surface area contributed by atoms with Crippen molar-refractivity contribution in [3.05, 3.63) is 0 Å². The van der Waals surface area contributed by atoms with Gasteiger partial charge in [-0.05, 0) is 0 Å². The average molecular weight is 92.1 g/mol. The quantitative estimate of drug-likeness (QED) is 0.301. The molecule has 0 saturated carbocycles. The molecule has 3 heteroatoms. The van der Waals surface area contributed by atoms with Crippen molar-refractivity contribution in [3.63, 3.8) is 0 Å². The zero-order chi connectivity index (χ0) is 4.83. The number of rotatable bonds is 3. The standard InChI is InChI=1S/C3H11N2O/c4-2-1-3-6-5/h1-4H2,5H3/q+1/p+1. The van der Waals surface area contributed by atoms with Crippen LogP contribution in [-0.2, 0) is 4.84 Å². The summed E-state index contributed by atoms with van der Waals surface area (Å²) in [6.45, 7) is 1.68. The van der Waals surface area contributed by atoms with Gasteiger partial charge >= 0.3 is 0 Å². The molecule has 0 fully saturated rings. The number of quaternary nitrogens is 2. The molecule has 0 aliphatic carbocycles. The van der Waals surface area contributed by atoms with E-state index in [9.17, 15) is 0 Å². The van der Waals surface area contributed by atoms with Gasteiger partial charge in [-0.15, -0.1) is 0 Å². The van der Waals surface area contributed by atoms with E-state index in [1.165, 1.54) is 0 Å². The molecule has 0 radical (unpaired) electrons. The van der Waals surface area contributed by atoms with Crippen LogP contribution >= 0.6 is 0 Å². The van der Waals surface area contributed by atoms with Gasteiger partial charge in [-0.3, -0.25) is 0 Å². The largest absolute Gasteiger partial charge is 0.357 e. The minimum Gasteiger partial charge on any atom is -0.357 e. The minimum atomic E-state index is 0.740. The van der Waals surface area contributed by atoms with Gasteiger partial charge in [-0.1, -0.05) is 0 Å². The second-order valence-electron chi connectivity index (χ2n) is 1.12. The summed E-state index contributed by atoms with van der Waals surface area (Å²) in [4.78, 5) is 4.49. The third-order valence-corrected chi connectivity index (χ3v) is 0.539. The molecule has 38 valence electrons. The Morgan fingerprint density at radius 2 is 2.17 bits per heavy atom. The van der Waals surface area contributed by atoms with Crippen molar-refractivity contribution < 1.29 is 16.5 Å². The van der Waals surface area contributed by atoms with Crippen molar-refractivity contribution in [2.45, 2.75) is 6.42 Å². The van der Waals surface area contributed by atoms with Crippen molar-refractivity contribution in [1.82, 2.24) is 0 Å². The van der Waals surface area contributed by atoms with E-state index < -0.39 is 0 Å². The Bertz CT molecular complexity index is 20.8. The molecule has 0 atom stereocenters. The predicted molar refractivity (Wildman–Crippen MR) is 21.2 cm³/mol. The Morgan fingerprint density at radius 1 is 1.50 bits per heavy atom. The lowest BCUT2D eigenvalue weighted by molar-refractivity contribution is -0.690. The third-order valence-electron chi connectivity index (χ3n) is 0.539. The highest BCUT2D eigenvalue weighted by Gasteiger charge is 1.80. The van der Waals surface area contributed by atoms with Crippen LogP contribution < -0.4 is 11.6 Å². The Kier molecular flexibility index (Phi) is 4.78. The van der Waals surface area contributed by atoms with Crippen LogP contribution in [-0.4, -0.2) is 13.2 Å². The topological polar surface area (TPSA) is 64.5 Å². The molecule has 0 amide bonds. The maximum atomic E-state index is 4.49. The number of hydrogen-bond donors (Lipinski definition) is 2. The Morgan fingerprint density at radius 3 is 2.33 bits per heavy atom. The van der Waals surface area contributed by atoms with Crippen LogP contribution in [0.15, 0.2) is 0 Å². The molecule has 0 aromatic rings. The Balaban J connectivity index is 2.34. The van der Waals surface area contributed by atoms with E-state index in [1.54, 1.807) is 0 Å². The van der Waals surface area contributed by atoms with E-state index in [2.05, 4.69) is 16.5 Å². The molecule has 6 heavy (non-hydrogen) atoms. The molecule has 0 spiro atoms. The van der Waals surface area contributed by atoms with Gasteiger partial charge in [-0.2, -0.15) is 0 Å². The van der Waals surface area contributed by atoms with Gasteiger partial charge < -0.3 is 5.73 Å². The zero-order valence-corrected chi connectivity index (χ0v) is 3.94. The molecule has 0 unspecified atom stereocenters. The van der Waals surface area contributed by atoms with Crippen LogP contribution in [0.4, 0.5) is 0 Å². The van der Waals surface area contributed by atoms with Crippen molar-refractivity contribution in [1.29, 1.82) is 0 Å². The van der Waals surface area contributed by atoms with Crippen molar-refractivity contribution in [2.75, 3.05) is 13.2 Å². The first-order chi connectivity index (χ1) is 2.91. The molecular formula is C3H12N2O+2. The molecule has 0 heterocycles. The fraction of sp³-hybridized carbons (Fsp3) is 1.00. The molecule has 6 N–H and O–H groups in total. The highest BCUT2D eigenvalue weighted by Crippen LogP contribution is 1.65. The highest BCUT2D eigenvalue weighted by molar-refractivity contribution is 4.22. The summed E-state index contributed by atoms with van der Waals surface area (Å²) >= 11 is 0. The van der Waals surface area contributed by atoms with E-state index >= 15 is 0 Å². The van der Waals surface area contributed by atoms with Crippen molar-refractivity contribution in [2.24, 2.45) is 0 Å². The van der Waals surface area contributed by atoms with Gasteiger partial charge in [0.25, 0.3) is 0 Å². The highest BCUT2D eigenvalue weighted by atomic mass is 16.6. The summed E-state index contributed by atoms with van der Waals surface area (Å²) in [5, 5.41) is 0. The Labute approximate surface area is 37.2 Å². The van der Waals surface area contributed by atoms with E-state index in [0.29, 0.717) is 0 Å². The lowest BCUT2D eigenvalue weighted by atomic mass is 10.5. The maximum absolute atomic E-state index is 4.49. The van der Waals surface area contributed by atoms with Crippen LogP contribution in [0.3, 0.4) is 0 Å². The van der Waals surface area contributed by atoms with Crippen molar-refractivity contribution >= 4 is 0 Å². The molecule has 0 aromatic heterocycles. The molecule has 0 saturated heterocycles. The molecule has 0 bridgehead atoms.